The lowest BCUT2D eigenvalue weighted by Crippen LogP contribution is -2.15. The number of halogens is 3. The van der Waals surface area contributed by atoms with E-state index in [1.165, 1.54) is 12.1 Å². The first kappa shape index (κ1) is 13.4. The number of alkyl halides is 3. The molecule has 0 aliphatic rings. The Balaban J connectivity index is 3.06. The van der Waals surface area contributed by atoms with Crippen LogP contribution in [0.3, 0.4) is 0 Å². The smallest absolute Gasteiger partial charge is 0.299 e. The van der Waals surface area contributed by atoms with E-state index in [1.807, 2.05) is 0 Å². The highest BCUT2D eigenvalue weighted by Gasteiger charge is 2.34. The van der Waals surface area contributed by atoms with Crippen molar-refractivity contribution in [2.45, 2.75) is 25.9 Å². The van der Waals surface area contributed by atoms with E-state index in [1.54, 1.807) is 6.92 Å². The SMILES string of the molecule is CCC(=O)CC(=O)c1ccccc1C(F)(F)F. The van der Waals surface area contributed by atoms with Crippen molar-refractivity contribution in [2.24, 2.45) is 0 Å². The van der Waals surface area contributed by atoms with Crippen LogP contribution in [0.5, 0.6) is 0 Å². The van der Waals surface area contributed by atoms with Crippen LogP contribution >= 0.6 is 0 Å². The Morgan fingerprint density at radius 2 is 1.76 bits per heavy atom. The number of carbonyl (C=O) groups is 2. The number of hydrogen-bond donors (Lipinski definition) is 0. The molecule has 2 nitrogen and oxygen atoms in total. The summed E-state index contributed by atoms with van der Waals surface area (Å²) >= 11 is 0. The summed E-state index contributed by atoms with van der Waals surface area (Å²) < 4.78 is 37.8. The topological polar surface area (TPSA) is 34.1 Å². The molecule has 0 amide bonds. The summed E-state index contributed by atoms with van der Waals surface area (Å²) in [5.74, 6) is -1.16. The summed E-state index contributed by atoms with van der Waals surface area (Å²) in [6.07, 6.45) is -4.93. The molecule has 0 aliphatic carbocycles. The average molecular weight is 244 g/mol. The molecule has 0 aliphatic heterocycles. The van der Waals surface area contributed by atoms with Gasteiger partial charge >= 0.3 is 6.18 Å². The molecule has 0 saturated heterocycles. The summed E-state index contributed by atoms with van der Waals surface area (Å²) in [6, 6.07) is 4.48. The van der Waals surface area contributed by atoms with Gasteiger partial charge in [-0.3, -0.25) is 9.59 Å². The molecule has 1 rings (SSSR count). The van der Waals surface area contributed by atoms with Gasteiger partial charge in [-0.15, -0.1) is 0 Å². The molecule has 5 heteroatoms. The van der Waals surface area contributed by atoms with Crippen LogP contribution in [0.4, 0.5) is 13.2 Å². The zero-order valence-electron chi connectivity index (χ0n) is 9.17. The number of hydrogen-bond acceptors (Lipinski definition) is 2. The number of Topliss-reactive ketones (excluding diaryl/α,β-unsaturated/α-hetero) is 2. The van der Waals surface area contributed by atoms with E-state index in [-0.39, 0.29) is 12.2 Å². The standard InChI is InChI=1S/C12H11F3O2/c1-2-8(16)7-11(17)9-5-3-4-6-10(9)12(13,14)15/h3-6H,2,7H2,1H3. The quantitative estimate of drug-likeness (QED) is 0.601. The molecular formula is C12H11F3O2. The first-order valence-corrected chi connectivity index (χ1v) is 5.07. The van der Waals surface area contributed by atoms with E-state index < -0.39 is 29.5 Å². The Morgan fingerprint density at radius 1 is 1.18 bits per heavy atom. The van der Waals surface area contributed by atoms with Crippen LogP contribution in [0, 0.1) is 0 Å². The fourth-order valence-electron chi connectivity index (χ4n) is 1.37. The van der Waals surface area contributed by atoms with Crippen molar-refractivity contribution in [3.63, 3.8) is 0 Å². The Morgan fingerprint density at radius 3 is 2.29 bits per heavy atom. The highest BCUT2D eigenvalue weighted by Crippen LogP contribution is 2.32. The van der Waals surface area contributed by atoms with E-state index in [2.05, 4.69) is 0 Å². The summed E-state index contributed by atoms with van der Waals surface area (Å²) in [6.45, 7) is 1.56. The average Bonchev–Trinajstić information content (AvgIpc) is 2.27. The van der Waals surface area contributed by atoms with Gasteiger partial charge in [0, 0.05) is 12.0 Å². The maximum atomic E-state index is 12.6. The summed E-state index contributed by atoms with van der Waals surface area (Å²) in [4.78, 5) is 22.6. The van der Waals surface area contributed by atoms with E-state index in [4.69, 9.17) is 0 Å². The second kappa shape index (κ2) is 5.12. The summed E-state index contributed by atoms with van der Waals surface area (Å²) in [5, 5.41) is 0. The minimum Gasteiger partial charge on any atom is -0.299 e. The first-order valence-electron chi connectivity index (χ1n) is 5.07. The van der Waals surface area contributed by atoms with Crippen LogP contribution in [0.2, 0.25) is 0 Å². The van der Waals surface area contributed by atoms with Crippen LogP contribution in [0.15, 0.2) is 24.3 Å². The molecule has 92 valence electrons. The molecule has 0 bridgehead atoms. The van der Waals surface area contributed by atoms with E-state index in [0.29, 0.717) is 0 Å². The lowest BCUT2D eigenvalue weighted by molar-refractivity contribution is -0.138. The fourth-order valence-corrected chi connectivity index (χ4v) is 1.37. The molecule has 0 spiro atoms. The van der Waals surface area contributed by atoms with Crippen molar-refractivity contribution in [3.05, 3.63) is 35.4 Å². The van der Waals surface area contributed by atoms with Crippen molar-refractivity contribution < 1.29 is 22.8 Å². The minimum absolute atomic E-state index is 0.139. The molecule has 0 fully saturated rings. The molecule has 0 unspecified atom stereocenters. The Kier molecular flexibility index (Phi) is 4.04. The van der Waals surface area contributed by atoms with Crippen molar-refractivity contribution in [1.29, 1.82) is 0 Å². The van der Waals surface area contributed by atoms with Gasteiger partial charge in [0.2, 0.25) is 0 Å². The predicted molar refractivity (Wildman–Crippen MR) is 55.7 cm³/mol. The molecule has 0 atom stereocenters. The number of rotatable bonds is 4. The Bertz CT molecular complexity index is 436. The van der Waals surface area contributed by atoms with Gasteiger partial charge in [-0.25, -0.2) is 0 Å². The van der Waals surface area contributed by atoms with Crippen LogP contribution in [0.1, 0.15) is 35.7 Å². The molecule has 1 aromatic rings. The zero-order chi connectivity index (χ0) is 13.1. The lowest BCUT2D eigenvalue weighted by Gasteiger charge is -2.11. The molecule has 17 heavy (non-hydrogen) atoms. The van der Waals surface area contributed by atoms with E-state index in [0.717, 1.165) is 12.1 Å². The van der Waals surface area contributed by atoms with Gasteiger partial charge in [0.25, 0.3) is 0 Å². The molecule has 0 heterocycles. The maximum Gasteiger partial charge on any atom is 0.417 e. The van der Waals surface area contributed by atoms with Gasteiger partial charge in [0.15, 0.2) is 5.78 Å². The van der Waals surface area contributed by atoms with Crippen LogP contribution in [-0.4, -0.2) is 11.6 Å². The highest BCUT2D eigenvalue weighted by atomic mass is 19.4. The van der Waals surface area contributed by atoms with Gasteiger partial charge in [-0.05, 0) is 6.07 Å². The van der Waals surface area contributed by atoms with Crippen LogP contribution in [-0.2, 0) is 11.0 Å². The monoisotopic (exact) mass is 244 g/mol. The van der Waals surface area contributed by atoms with Gasteiger partial charge in [0.05, 0.1) is 12.0 Å². The fraction of sp³-hybridized carbons (Fsp3) is 0.333. The summed E-state index contributed by atoms with van der Waals surface area (Å²) in [5.41, 5.74) is -1.43. The van der Waals surface area contributed by atoms with Crippen molar-refractivity contribution in [3.8, 4) is 0 Å². The predicted octanol–water partition coefficient (Wildman–Crippen LogP) is 3.26. The van der Waals surface area contributed by atoms with Crippen molar-refractivity contribution in [2.75, 3.05) is 0 Å². The second-order valence-electron chi connectivity index (χ2n) is 3.54. The lowest BCUT2D eigenvalue weighted by atomic mass is 9.99. The van der Waals surface area contributed by atoms with Gasteiger partial charge in [-0.2, -0.15) is 13.2 Å². The first-order chi connectivity index (χ1) is 7.86. The second-order valence-corrected chi connectivity index (χ2v) is 3.54. The minimum atomic E-state index is -4.58. The van der Waals surface area contributed by atoms with E-state index in [9.17, 15) is 22.8 Å². The van der Waals surface area contributed by atoms with Crippen LogP contribution in [0.25, 0.3) is 0 Å². The Labute approximate surface area is 96.4 Å². The molecular weight excluding hydrogens is 233 g/mol. The number of ketones is 2. The van der Waals surface area contributed by atoms with E-state index >= 15 is 0 Å². The molecule has 0 N–H and O–H groups in total. The summed E-state index contributed by atoms with van der Waals surface area (Å²) in [7, 11) is 0. The third kappa shape index (κ3) is 3.41. The Hall–Kier alpha value is -1.65. The molecule has 0 saturated carbocycles. The molecule has 0 radical (unpaired) electrons. The van der Waals surface area contributed by atoms with Crippen molar-refractivity contribution in [1.82, 2.24) is 0 Å². The third-order valence-electron chi connectivity index (χ3n) is 2.28. The molecule has 0 aromatic heterocycles. The maximum absolute atomic E-state index is 12.6. The van der Waals surface area contributed by atoms with Crippen molar-refractivity contribution >= 4 is 11.6 Å². The van der Waals surface area contributed by atoms with Gasteiger partial charge < -0.3 is 0 Å². The zero-order valence-corrected chi connectivity index (χ0v) is 9.17. The highest BCUT2D eigenvalue weighted by molar-refractivity contribution is 6.08. The third-order valence-corrected chi connectivity index (χ3v) is 2.28. The van der Waals surface area contributed by atoms with Crippen LogP contribution < -0.4 is 0 Å². The van der Waals surface area contributed by atoms with Gasteiger partial charge in [0.1, 0.15) is 5.78 Å². The largest absolute Gasteiger partial charge is 0.417 e. The van der Waals surface area contributed by atoms with Gasteiger partial charge in [-0.1, -0.05) is 25.1 Å². The molecule has 1 aromatic carbocycles. The number of benzene rings is 1. The number of carbonyl (C=O) groups excluding carboxylic acids is 2. The normalized spacial score (nSPS) is 11.3.